The van der Waals surface area contributed by atoms with Crippen molar-refractivity contribution in [2.45, 2.75) is 32.4 Å². The van der Waals surface area contributed by atoms with Gasteiger partial charge in [0.05, 0.1) is 11.4 Å². The first kappa shape index (κ1) is 28.1. The Kier molecular flexibility index (Phi) is 6.26. The molecule has 2 heterocycles. The molecular formula is C41H36NOPSi. The van der Waals surface area contributed by atoms with Crippen LogP contribution >= 0.6 is 7.14 Å². The second kappa shape index (κ2) is 10.0. The van der Waals surface area contributed by atoms with Gasteiger partial charge in [-0.15, -0.1) is 0 Å². The predicted octanol–water partition coefficient (Wildman–Crippen LogP) is 8.24. The Morgan fingerprint density at radius 3 is 1.91 bits per heavy atom. The van der Waals surface area contributed by atoms with Gasteiger partial charge in [-0.1, -0.05) is 136 Å². The van der Waals surface area contributed by atoms with E-state index in [1.54, 1.807) is 0 Å². The highest BCUT2D eigenvalue weighted by Gasteiger charge is 2.46. The van der Waals surface area contributed by atoms with Crippen molar-refractivity contribution in [3.8, 4) is 11.1 Å². The van der Waals surface area contributed by atoms with E-state index in [1.807, 2.05) is 30.3 Å². The van der Waals surface area contributed by atoms with Crippen molar-refractivity contribution in [2.24, 2.45) is 0 Å². The molecule has 0 amide bonds. The Labute approximate surface area is 267 Å². The van der Waals surface area contributed by atoms with Gasteiger partial charge in [0.2, 0.25) is 0 Å². The topological polar surface area (TPSA) is 20.3 Å². The monoisotopic (exact) mass is 617 g/mol. The minimum atomic E-state index is -3.09. The van der Waals surface area contributed by atoms with E-state index >= 15 is 4.57 Å². The molecule has 6 aromatic rings. The fraction of sp³-hybridized carbons (Fsp3) is 0.122. The molecule has 0 fully saturated rings. The summed E-state index contributed by atoms with van der Waals surface area (Å²) in [6.45, 7) is 9.46. The lowest BCUT2D eigenvalue weighted by Crippen LogP contribution is -2.67. The minimum Gasteiger partial charge on any atom is -0.310 e. The Bertz CT molecular complexity index is 2150. The van der Waals surface area contributed by atoms with Crippen LogP contribution in [-0.4, -0.2) is 8.07 Å². The van der Waals surface area contributed by atoms with Crippen molar-refractivity contribution < 1.29 is 4.57 Å². The van der Waals surface area contributed by atoms with Crippen LogP contribution in [0.2, 0.25) is 13.1 Å². The number of rotatable bonds is 3. The second-order valence-electron chi connectivity index (χ2n) is 13.4. The number of hydrogen-bond donors (Lipinski definition) is 0. The summed E-state index contributed by atoms with van der Waals surface area (Å²) in [5.41, 5.74) is 8.22. The van der Waals surface area contributed by atoms with Crippen LogP contribution in [0.1, 0.15) is 25.0 Å². The average molecular weight is 618 g/mol. The standard InChI is InChI=1S/C41H36NOPSi/c1-41(2)33-19-11-12-20-35(33)42(31-15-7-5-8-16-31)36-25-23-29(27-34(36)41)30-24-26-40-38(28-30)44(43,32-17-9-6-10-18-32)37-21-13-14-22-39(37)45(40,3)4/h5-28H,1-4H3. The second-order valence-corrected chi connectivity index (χ2v) is 20.4. The van der Waals surface area contributed by atoms with E-state index < -0.39 is 15.2 Å². The molecule has 0 spiro atoms. The van der Waals surface area contributed by atoms with Crippen molar-refractivity contribution in [3.63, 3.8) is 0 Å². The number of anilines is 3. The molecule has 1 unspecified atom stereocenters. The first-order valence-electron chi connectivity index (χ1n) is 15.7. The van der Waals surface area contributed by atoms with Crippen LogP contribution in [0.25, 0.3) is 11.1 Å². The quantitative estimate of drug-likeness (QED) is 0.147. The van der Waals surface area contributed by atoms with Gasteiger partial charge in [-0.2, -0.15) is 0 Å². The number of fused-ring (bicyclic) bond motifs is 4. The highest BCUT2D eigenvalue weighted by molar-refractivity contribution is 7.86. The summed E-state index contributed by atoms with van der Waals surface area (Å²) in [6, 6.07) is 51.7. The number of hydrogen-bond acceptors (Lipinski definition) is 2. The molecule has 6 aromatic carbocycles. The van der Waals surface area contributed by atoms with Gasteiger partial charge in [-0.05, 0) is 69.0 Å². The maximum Gasteiger partial charge on any atom is 0.170 e. The van der Waals surface area contributed by atoms with Crippen LogP contribution in [0.4, 0.5) is 17.1 Å². The molecule has 2 aliphatic rings. The molecule has 0 radical (unpaired) electrons. The van der Waals surface area contributed by atoms with E-state index in [9.17, 15) is 0 Å². The fourth-order valence-corrected chi connectivity index (χ4v) is 15.9. The summed E-state index contributed by atoms with van der Waals surface area (Å²) in [7, 11) is -5.18. The Balaban J connectivity index is 1.34. The van der Waals surface area contributed by atoms with Gasteiger partial charge in [-0.25, -0.2) is 0 Å². The number of para-hydroxylation sites is 2. The van der Waals surface area contributed by atoms with Crippen molar-refractivity contribution in [1.29, 1.82) is 0 Å². The summed E-state index contributed by atoms with van der Waals surface area (Å²) in [5, 5.41) is 5.49. The molecule has 0 bridgehead atoms. The van der Waals surface area contributed by atoms with Crippen molar-refractivity contribution in [3.05, 3.63) is 157 Å². The lowest BCUT2D eigenvalue weighted by Gasteiger charge is -2.42. The lowest BCUT2D eigenvalue weighted by atomic mass is 9.73. The van der Waals surface area contributed by atoms with Gasteiger partial charge in [0.25, 0.3) is 0 Å². The van der Waals surface area contributed by atoms with Crippen LogP contribution in [0.3, 0.4) is 0 Å². The molecule has 0 aromatic heterocycles. The zero-order valence-corrected chi connectivity index (χ0v) is 28.1. The zero-order valence-electron chi connectivity index (χ0n) is 26.2. The predicted molar refractivity (Wildman–Crippen MR) is 195 cm³/mol. The molecule has 220 valence electrons. The van der Waals surface area contributed by atoms with Gasteiger partial charge in [-0.3, -0.25) is 0 Å². The van der Waals surface area contributed by atoms with E-state index in [-0.39, 0.29) is 5.41 Å². The molecular weight excluding hydrogens is 582 g/mol. The third-order valence-corrected chi connectivity index (χ3v) is 17.3. The van der Waals surface area contributed by atoms with Gasteiger partial charge in [0.15, 0.2) is 7.14 Å². The van der Waals surface area contributed by atoms with Crippen LogP contribution in [0.5, 0.6) is 0 Å². The maximum atomic E-state index is 15.6. The van der Waals surface area contributed by atoms with Crippen LogP contribution < -0.4 is 31.2 Å². The molecule has 45 heavy (non-hydrogen) atoms. The summed E-state index contributed by atoms with van der Waals surface area (Å²) >= 11 is 0. The SMILES string of the molecule is CC1(C)c2ccccc2N(c2ccccc2)c2ccc(-c3ccc4c(c3)P(=O)(c3ccccc3)c3ccccc3[Si]4(C)C)cc21. The Morgan fingerprint density at radius 1 is 0.556 bits per heavy atom. The lowest BCUT2D eigenvalue weighted by molar-refractivity contribution is 0.592. The third kappa shape index (κ3) is 4.04. The largest absolute Gasteiger partial charge is 0.310 e. The van der Waals surface area contributed by atoms with E-state index in [1.165, 1.54) is 32.9 Å². The summed E-state index contributed by atoms with van der Waals surface area (Å²) in [4.78, 5) is 2.39. The maximum absolute atomic E-state index is 15.6. The van der Waals surface area contributed by atoms with Crippen LogP contribution in [-0.2, 0) is 9.98 Å². The van der Waals surface area contributed by atoms with E-state index in [4.69, 9.17) is 0 Å². The molecule has 0 aliphatic carbocycles. The molecule has 2 nitrogen and oxygen atoms in total. The number of benzene rings is 6. The van der Waals surface area contributed by atoms with E-state index in [0.717, 1.165) is 32.7 Å². The smallest absolute Gasteiger partial charge is 0.170 e. The van der Waals surface area contributed by atoms with E-state index in [2.05, 4.69) is 147 Å². The average Bonchev–Trinajstić information content (AvgIpc) is 3.08. The Morgan fingerprint density at radius 2 is 1.13 bits per heavy atom. The number of nitrogens with zero attached hydrogens (tertiary/aromatic N) is 1. The van der Waals surface area contributed by atoms with Gasteiger partial charge < -0.3 is 9.46 Å². The first-order valence-corrected chi connectivity index (χ1v) is 20.4. The Hall–Kier alpha value is -4.43. The van der Waals surface area contributed by atoms with Crippen molar-refractivity contribution in [2.75, 3.05) is 4.90 Å². The van der Waals surface area contributed by atoms with Crippen LogP contribution in [0, 0.1) is 0 Å². The van der Waals surface area contributed by atoms with Crippen molar-refractivity contribution in [1.82, 2.24) is 0 Å². The summed E-state index contributed by atoms with van der Waals surface area (Å²) < 4.78 is 15.6. The zero-order chi connectivity index (χ0) is 31.0. The minimum absolute atomic E-state index is 0.200. The van der Waals surface area contributed by atoms with Gasteiger partial charge in [0, 0.05) is 27.0 Å². The fourth-order valence-electron chi connectivity index (χ4n) is 7.71. The molecule has 4 heteroatoms. The van der Waals surface area contributed by atoms with Crippen molar-refractivity contribution >= 4 is 58.6 Å². The molecule has 0 saturated carbocycles. The molecule has 1 atom stereocenters. The third-order valence-electron chi connectivity index (χ3n) is 10.1. The van der Waals surface area contributed by atoms with Gasteiger partial charge >= 0.3 is 0 Å². The van der Waals surface area contributed by atoms with Gasteiger partial charge in [0.1, 0.15) is 8.07 Å². The van der Waals surface area contributed by atoms with Crippen LogP contribution in [0.15, 0.2) is 146 Å². The summed E-state index contributed by atoms with van der Waals surface area (Å²) in [6.07, 6.45) is 0. The molecule has 0 saturated heterocycles. The first-order chi connectivity index (χ1) is 21.7. The molecule has 8 rings (SSSR count). The highest BCUT2D eigenvalue weighted by Crippen LogP contribution is 2.52. The molecule has 0 N–H and O–H groups in total. The summed E-state index contributed by atoms with van der Waals surface area (Å²) in [5.74, 6) is 0. The van der Waals surface area contributed by atoms with E-state index in [0.29, 0.717) is 0 Å². The molecule has 2 aliphatic heterocycles. The normalized spacial score (nSPS) is 18.7. The highest BCUT2D eigenvalue weighted by atomic mass is 31.2.